The molecule has 9 nitrogen and oxygen atoms in total. The van der Waals surface area contributed by atoms with Gasteiger partial charge in [0.1, 0.15) is 11.8 Å². The van der Waals surface area contributed by atoms with Crippen LogP contribution in [-0.2, 0) is 25.7 Å². The van der Waals surface area contributed by atoms with Crippen molar-refractivity contribution in [1.29, 1.82) is 0 Å². The third-order valence-corrected chi connectivity index (χ3v) is 5.14. The molecule has 35 heavy (non-hydrogen) atoms. The Hall–Kier alpha value is -3.59. The first kappa shape index (κ1) is 27.7. The highest BCUT2D eigenvalue weighted by atomic mass is 35.5. The van der Waals surface area contributed by atoms with Gasteiger partial charge in [-0.25, -0.2) is 4.79 Å². The second kappa shape index (κ2) is 14.0. The molecule has 0 aromatic heterocycles. The van der Waals surface area contributed by atoms with Crippen LogP contribution >= 0.6 is 11.6 Å². The lowest BCUT2D eigenvalue weighted by Crippen LogP contribution is -2.40. The number of carbonyl (C=O) groups excluding carboxylic acids is 3. The summed E-state index contributed by atoms with van der Waals surface area (Å²) in [5, 5.41) is 27.1. The Labute approximate surface area is 208 Å². The van der Waals surface area contributed by atoms with Crippen LogP contribution in [0, 0.1) is 5.92 Å². The van der Waals surface area contributed by atoms with Crippen LogP contribution in [0.3, 0.4) is 0 Å². The fourth-order valence-corrected chi connectivity index (χ4v) is 3.20. The van der Waals surface area contributed by atoms with E-state index in [1.165, 1.54) is 30.4 Å². The molecular formula is C25H30ClN3O6. The molecule has 188 valence electrons. The molecule has 1 aromatic carbocycles. The molecule has 0 radical (unpaired) electrons. The number of halogens is 1. The zero-order chi connectivity index (χ0) is 25.8. The maximum atomic E-state index is 12.5. The molecule has 1 aliphatic rings. The van der Waals surface area contributed by atoms with Crippen molar-refractivity contribution in [3.05, 3.63) is 64.7 Å². The maximum Gasteiger partial charge on any atom is 0.326 e. The number of carbonyl (C=O) groups is 4. The second-order valence-electron chi connectivity index (χ2n) is 8.17. The molecule has 1 atom stereocenters. The van der Waals surface area contributed by atoms with E-state index in [4.69, 9.17) is 11.6 Å². The lowest BCUT2D eigenvalue weighted by molar-refractivity contribution is -0.141. The van der Waals surface area contributed by atoms with E-state index in [-0.39, 0.29) is 36.1 Å². The van der Waals surface area contributed by atoms with Gasteiger partial charge in [-0.05, 0) is 62.5 Å². The zero-order valence-electron chi connectivity index (χ0n) is 19.4. The Morgan fingerprint density at radius 2 is 1.94 bits per heavy atom. The van der Waals surface area contributed by atoms with E-state index in [0.29, 0.717) is 23.6 Å². The Morgan fingerprint density at radius 3 is 2.57 bits per heavy atom. The van der Waals surface area contributed by atoms with Gasteiger partial charge in [-0.3, -0.25) is 14.4 Å². The average molecular weight is 504 g/mol. The molecule has 5 N–H and O–H groups in total. The largest absolute Gasteiger partial charge is 0.508 e. The number of aliphatic carboxylic acids is 1. The summed E-state index contributed by atoms with van der Waals surface area (Å²) in [5.74, 6) is -2.11. The molecule has 2 rings (SSSR count). The molecule has 1 fully saturated rings. The first-order valence-electron chi connectivity index (χ1n) is 11.2. The molecule has 0 aliphatic heterocycles. The number of hydrogen-bond acceptors (Lipinski definition) is 5. The van der Waals surface area contributed by atoms with Gasteiger partial charge in [0.15, 0.2) is 0 Å². The van der Waals surface area contributed by atoms with E-state index in [2.05, 4.69) is 16.0 Å². The van der Waals surface area contributed by atoms with Crippen LogP contribution in [0.1, 0.15) is 38.2 Å². The number of allylic oxidation sites excluding steroid dienone is 3. The van der Waals surface area contributed by atoms with E-state index in [1.807, 2.05) is 0 Å². The summed E-state index contributed by atoms with van der Waals surface area (Å²) in [6.45, 7) is 2.11. The minimum absolute atomic E-state index is 0.0152. The first-order valence-corrected chi connectivity index (χ1v) is 11.6. The van der Waals surface area contributed by atoms with Crippen LogP contribution in [0.25, 0.3) is 0 Å². The number of phenolic OH excluding ortho intramolecular Hbond substituents is 1. The van der Waals surface area contributed by atoms with E-state index < -0.39 is 23.8 Å². The van der Waals surface area contributed by atoms with Crippen LogP contribution in [0.2, 0.25) is 0 Å². The smallest absolute Gasteiger partial charge is 0.326 e. The Morgan fingerprint density at radius 1 is 1.20 bits per heavy atom. The van der Waals surface area contributed by atoms with Crippen molar-refractivity contribution in [3.8, 4) is 5.75 Å². The molecule has 0 bridgehead atoms. The third-order valence-electron chi connectivity index (χ3n) is 5.04. The topological polar surface area (TPSA) is 145 Å². The van der Waals surface area contributed by atoms with Crippen LogP contribution in [0.15, 0.2) is 59.2 Å². The zero-order valence-corrected chi connectivity index (χ0v) is 20.2. The number of phenols is 1. The highest BCUT2D eigenvalue weighted by Gasteiger charge is 2.29. The number of carboxylic acid groups (broad SMARTS) is 1. The first-order chi connectivity index (χ1) is 16.7. The molecule has 1 aliphatic carbocycles. The van der Waals surface area contributed by atoms with E-state index in [0.717, 1.165) is 18.9 Å². The average Bonchev–Trinajstić information content (AvgIpc) is 3.64. The summed E-state index contributed by atoms with van der Waals surface area (Å²) in [6.07, 6.45) is 7.59. The van der Waals surface area contributed by atoms with Gasteiger partial charge in [0.25, 0.3) is 5.91 Å². The number of amides is 3. The predicted octanol–water partition coefficient (Wildman–Crippen LogP) is 2.51. The van der Waals surface area contributed by atoms with E-state index in [1.54, 1.807) is 19.1 Å². The normalized spacial score (nSPS) is 14.9. The molecule has 1 saturated carbocycles. The van der Waals surface area contributed by atoms with Gasteiger partial charge in [-0.2, -0.15) is 0 Å². The van der Waals surface area contributed by atoms with Gasteiger partial charge in [0.05, 0.1) is 0 Å². The lowest BCUT2D eigenvalue weighted by Gasteiger charge is -2.13. The van der Waals surface area contributed by atoms with Gasteiger partial charge >= 0.3 is 5.97 Å². The highest BCUT2D eigenvalue weighted by molar-refractivity contribution is 6.29. The molecule has 3 amide bonds. The fraction of sp³-hybridized carbons (Fsp3) is 0.360. The van der Waals surface area contributed by atoms with Crippen molar-refractivity contribution in [2.75, 3.05) is 6.54 Å². The molecule has 0 unspecified atom stereocenters. The number of hydrogen-bond donors (Lipinski definition) is 5. The minimum atomic E-state index is -1.18. The van der Waals surface area contributed by atoms with Crippen molar-refractivity contribution in [2.24, 2.45) is 5.92 Å². The second-order valence-corrected chi connectivity index (χ2v) is 8.77. The lowest BCUT2D eigenvalue weighted by atomic mass is 10.1. The fourth-order valence-electron chi connectivity index (χ4n) is 3.08. The van der Waals surface area contributed by atoms with Crippen molar-refractivity contribution >= 4 is 35.3 Å². The Bertz CT molecular complexity index is 1030. The number of rotatable bonds is 13. The molecule has 10 heteroatoms. The third kappa shape index (κ3) is 10.9. The van der Waals surface area contributed by atoms with Gasteiger partial charge in [-0.1, -0.05) is 29.8 Å². The minimum Gasteiger partial charge on any atom is -0.508 e. The van der Waals surface area contributed by atoms with Crippen LogP contribution in [-0.4, -0.2) is 46.5 Å². The quantitative estimate of drug-likeness (QED) is 0.159. The molecular weight excluding hydrogens is 474 g/mol. The maximum absolute atomic E-state index is 12.5. The number of nitrogens with one attached hydrogen (secondary N) is 3. The van der Waals surface area contributed by atoms with Crippen LogP contribution in [0.4, 0.5) is 0 Å². The van der Waals surface area contributed by atoms with E-state index in [9.17, 15) is 29.4 Å². The summed E-state index contributed by atoms with van der Waals surface area (Å²) < 4.78 is 0. The van der Waals surface area contributed by atoms with E-state index >= 15 is 0 Å². The highest BCUT2D eigenvalue weighted by Crippen LogP contribution is 2.28. The summed E-state index contributed by atoms with van der Waals surface area (Å²) in [4.78, 5) is 47.8. The summed E-state index contributed by atoms with van der Waals surface area (Å²) >= 11 is 5.91. The SMILES string of the molecule is C\C(Cl)=C/C(=C\C=C\C(=O)N[C@@H](CCCNC(=O)C1CC1)C(=O)O)C(=O)NCc1cccc(O)c1. The number of benzene rings is 1. The van der Waals surface area contributed by atoms with Crippen molar-refractivity contribution < 1.29 is 29.4 Å². The van der Waals surface area contributed by atoms with Crippen LogP contribution < -0.4 is 16.0 Å². The Balaban J connectivity index is 1.89. The van der Waals surface area contributed by atoms with Gasteiger partial charge < -0.3 is 26.2 Å². The summed E-state index contributed by atoms with van der Waals surface area (Å²) in [7, 11) is 0. The summed E-state index contributed by atoms with van der Waals surface area (Å²) in [6, 6.07) is 5.34. The molecule has 1 aromatic rings. The van der Waals surface area contributed by atoms with Gasteiger partial charge in [-0.15, -0.1) is 0 Å². The standard InChI is InChI=1S/C25H30ClN3O6/c1-16(26)13-19(24(33)28-15-17-5-2-7-20(30)14-17)6-3-9-22(31)29-21(25(34)35)8-4-12-27-23(32)18-10-11-18/h2-3,5-7,9,13-14,18,21,30H,4,8,10-12,15H2,1H3,(H,27,32)(H,28,33)(H,29,31)(H,34,35)/b9-3+,16-13+,19-6+/t21-/m0/s1. The summed E-state index contributed by atoms with van der Waals surface area (Å²) in [5.41, 5.74) is 0.883. The van der Waals surface area contributed by atoms with Crippen molar-refractivity contribution in [3.63, 3.8) is 0 Å². The predicted molar refractivity (Wildman–Crippen MR) is 131 cm³/mol. The number of carboxylic acids is 1. The molecule has 0 saturated heterocycles. The van der Waals surface area contributed by atoms with Crippen molar-refractivity contribution in [1.82, 2.24) is 16.0 Å². The van der Waals surface area contributed by atoms with Crippen LogP contribution in [0.5, 0.6) is 5.75 Å². The monoisotopic (exact) mass is 503 g/mol. The van der Waals surface area contributed by atoms with Gasteiger partial charge in [0, 0.05) is 35.7 Å². The Kier molecular flexibility index (Phi) is 11.0. The number of aromatic hydroxyl groups is 1. The van der Waals surface area contributed by atoms with Crippen molar-refractivity contribution in [2.45, 2.75) is 45.2 Å². The van der Waals surface area contributed by atoms with Gasteiger partial charge in [0.2, 0.25) is 11.8 Å². The molecule has 0 heterocycles. The molecule has 0 spiro atoms.